The van der Waals surface area contributed by atoms with Crippen molar-refractivity contribution in [2.24, 2.45) is 0 Å². The topological polar surface area (TPSA) is 61.0 Å². The van der Waals surface area contributed by atoms with Gasteiger partial charge in [-0.25, -0.2) is 4.98 Å². The Morgan fingerprint density at radius 3 is 3.14 bits per heavy atom. The van der Waals surface area contributed by atoms with E-state index in [0.29, 0.717) is 0 Å². The van der Waals surface area contributed by atoms with E-state index in [9.17, 15) is 4.79 Å². The molecule has 0 radical (unpaired) electrons. The largest absolute Gasteiger partial charge is 0.355 e. The number of hydrogen-bond acceptors (Lipinski definition) is 4. The van der Waals surface area contributed by atoms with Crippen molar-refractivity contribution >= 4 is 5.82 Å². The molecule has 1 aliphatic rings. The lowest BCUT2D eigenvalue weighted by molar-refractivity contribution is 0.724. The zero-order chi connectivity index (χ0) is 9.80. The summed E-state index contributed by atoms with van der Waals surface area (Å²) in [4.78, 5) is 19.9. The van der Waals surface area contributed by atoms with Crippen molar-refractivity contribution in [3.8, 4) is 0 Å². The van der Waals surface area contributed by atoms with Crippen LogP contribution in [-0.2, 0) is 0 Å². The third-order valence-corrected chi connectivity index (χ3v) is 2.33. The molecule has 0 bridgehead atoms. The molecule has 0 spiro atoms. The van der Waals surface area contributed by atoms with Gasteiger partial charge in [0.25, 0.3) is 5.56 Å². The van der Waals surface area contributed by atoms with Crippen molar-refractivity contribution in [2.75, 3.05) is 31.1 Å². The molecular weight excluding hydrogens is 180 g/mol. The van der Waals surface area contributed by atoms with E-state index in [1.807, 2.05) is 0 Å². The van der Waals surface area contributed by atoms with Crippen LogP contribution in [0.4, 0.5) is 5.82 Å². The summed E-state index contributed by atoms with van der Waals surface area (Å²) < 4.78 is 0. The lowest BCUT2D eigenvalue weighted by atomic mass is 10.4. The highest BCUT2D eigenvalue weighted by molar-refractivity contribution is 5.36. The Kier molecular flexibility index (Phi) is 2.78. The van der Waals surface area contributed by atoms with Gasteiger partial charge in [0.2, 0.25) is 0 Å². The molecule has 2 heterocycles. The van der Waals surface area contributed by atoms with Gasteiger partial charge in [-0.05, 0) is 13.0 Å². The molecule has 0 aromatic carbocycles. The number of rotatable bonds is 1. The molecule has 2 N–H and O–H groups in total. The standard InChI is InChI=1S/C9H14N4O/c14-9-6-8(11-7-12-9)13-4-1-2-10-3-5-13/h6-7,10H,1-5H2,(H,11,12,14). The van der Waals surface area contributed by atoms with Crippen LogP contribution in [0.1, 0.15) is 6.42 Å². The summed E-state index contributed by atoms with van der Waals surface area (Å²) in [6, 6.07) is 1.55. The molecule has 1 fully saturated rings. The van der Waals surface area contributed by atoms with Crippen LogP contribution in [-0.4, -0.2) is 36.1 Å². The van der Waals surface area contributed by atoms with Crippen LogP contribution < -0.4 is 15.8 Å². The van der Waals surface area contributed by atoms with Crippen LogP contribution in [0.25, 0.3) is 0 Å². The summed E-state index contributed by atoms with van der Waals surface area (Å²) in [6.45, 7) is 3.87. The number of nitrogens with zero attached hydrogens (tertiary/aromatic N) is 2. The van der Waals surface area contributed by atoms with Crippen molar-refractivity contribution in [1.29, 1.82) is 0 Å². The number of H-pyrrole nitrogens is 1. The van der Waals surface area contributed by atoms with Gasteiger partial charge in [0, 0.05) is 25.7 Å². The van der Waals surface area contributed by atoms with Gasteiger partial charge in [-0.15, -0.1) is 0 Å². The fourth-order valence-electron chi connectivity index (χ4n) is 1.61. The number of hydrogen-bond donors (Lipinski definition) is 2. The lowest BCUT2D eigenvalue weighted by Crippen LogP contribution is -2.29. The van der Waals surface area contributed by atoms with Crippen LogP contribution in [0.15, 0.2) is 17.2 Å². The summed E-state index contributed by atoms with van der Waals surface area (Å²) >= 11 is 0. The normalized spacial score (nSPS) is 17.9. The van der Waals surface area contributed by atoms with Crippen molar-refractivity contribution in [3.05, 3.63) is 22.7 Å². The van der Waals surface area contributed by atoms with Crippen LogP contribution in [0.3, 0.4) is 0 Å². The average Bonchev–Trinajstić information content (AvgIpc) is 2.45. The molecule has 0 saturated carbocycles. The number of aromatic amines is 1. The predicted octanol–water partition coefficient (Wildman–Crippen LogP) is -0.430. The Hall–Kier alpha value is -1.36. The second kappa shape index (κ2) is 4.23. The fourth-order valence-corrected chi connectivity index (χ4v) is 1.61. The highest BCUT2D eigenvalue weighted by Crippen LogP contribution is 2.07. The maximum atomic E-state index is 11.1. The molecule has 0 amide bonds. The third-order valence-electron chi connectivity index (χ3n) is 2.33. The first-order valence-electron chi connectivity index (χ1n) is 4.87. The quantitative estimate of drug-likeness (QED) is 0.637. The smallest absolute Gasteiger partial charge is 0.252 e. The van der Waals surface area contributed by atoms with Gasteiger partial charge in [0.05, 0.1) is 6.33 Å². The zero-order valence-electron chi connectivity index (χ0n) is 7.99. The van der Waals surface area contributed by atoms with Gasteiger partial charge in [-0.3, -0.25) is 4.79 Å². The first kappa shape index (κ1) is 9.21. The third kappa shape index (κ3) is 2.11. The first-order chi connectivity index (χ1) is 6.86. The monoisotopic (exact) mass is 194 g/mol. The Labute approximate surface area is 82.2 Å². The Bertz CT molecular complexity index is 341. The van der Waals surface area contributed by atoms with E-state index < -0.39 is 0 Å². The lowest BCUT2D eigenvalue weighted by Gasteiger charge is -2.19. The predicted molar refractivity (Wildman–Crippen MR) is 54.6 cm³/mol. The van der Waals surface area contributed by atoms with Gasteiger partial charge in [-0.2, -0.15) is 0 Å². The Morgan fingerprint density at radius 2 is 2.29 bits per heavy atom. The number of nitrogens with one attached hydrogen (secondary N) is 2. The minimum absolute atomic E-state index is 0.0905. The van der Waals surface area contributed by atoms with Crippen molar-refractivity contribution in [1.82, 2.24) is 15.3 Å². The molecule has 0 unspecified atom stereocenters. The fraction of sp³-hybridized carbons (Fsp3) is 0.556. The zero-order valence-corrected chi connectivity index (χ0v) is 7.99. The van der Waals surface area contributed by atoms with Gasteiger partial charge in [0.1, 0.15) is 5.82 Å². The van der Waals surface area contributed by atoms with Crippen molar-refractivity contribution < 1.29 is 0 Å². The van der Waals surface area contributed by atoms with E-state index in [2.05, 4.69) is 20.2 Å². The Balaban J connectivity index is 2.16. The first-order valence-corrected chi connectivity index (χ1v) is 4.87. The average molecular weight is 194 g/mol. The van der Waals surface area contributed by atoms with Crippen LogP contribution >= 0.6 is 0 Å². The SMILES string of the molecule is O=c1cc(N2CCCNCC2)nc[nH]1. The molecule has 14 heavy (non-hydrogen) atoms. The molecule has 1 aromatic heterocycles. The van der Waals surface area contributed by atoms with Gasteiger partial charge < -0.3 is 15.2 Å². The summed E-state index contributed by atoms with van der Waals surface area (Å²) in [5, 5.41) is 3.31. The van der Waals surface area contributed by atoms with Crippen LogP contribution in [0.5, 0.6) is 0 Å². The molecule has 1 saturated heterocycles. The molecule has 5 nitrogen and oxygen atoms in total. The summed E-state index contributed by atoms with van der Waals surface area (Å²) in [6.07, 6.45) is 2.55. The number of anilines is 1. The van der Waals surface area contributed by atoms with E-state index >= 15 is 0 Å². The van der Waals surface area contributed by atoms with Crippen molar-refractivity contribution in [3.63, 3.8) is 0 Å². The molecule has 1 aliphatic heterocycles. The molecule has 1 aromatic rings. The maximum Gasteiger partial charge on any atom is 0.252 e. The van der Waals surface area contributed by atoms with E-state index in [1.165, 1.54) is 6.33 Å². The van der Waals surface area contributed by atoms with E-state index in [4.69, 9.17) is 0 Å². The highest BCUT2D eigenvalue weighted by Gasteiger charge is 2.10. The summed E-state index contributed by atoms with van der Waals surface area (Å²) in [5.74, 6) is 0.775. The van der Waals surface area contributed by atoms with Crippen LogP contribution in [0, 0.1) is 0 Å². The number of aromatic nitrogens is 2. The van der Waals surface area contributed by atoms with Crippen LogP contribution in [0.2, 0.25) is 0 Å². The second-order valence-corrected chi connectivity index (χ2v) is 3.36. The molecule has 0 atom stereocenters. The van der Waals surface area contributed by atoms with E-state index in [0.717, 1.165) is 38.4 Å². The van der Waals surface area contributed by atoms with Crippen molar-refractivity contribution in [2.45, 2.75) is 6.42 Å². The summed E-state index contributed by atoms with van der Waals surface area (Å²) in [5.41, 5.74) is -0.0905. The molecule has 5 heteroatoms. The molecule has 76 valence electrons. The van der Waals surface area contributed by atoms with E-state index in [1.54, 1.807) is 6.07 Å². The summed E-state index contributed by atoms with van der Waals surface area (Å²) in [7, 11) is 0. The molecular formula is C9H14N4O. The van der Waals surface area contributed by atoms with Gasteiger partial charge in [-0.1, -0.05) is 0 Å². The second-order valence-electron chi connectivity index (χ2n) is 3.36. The Morgan fingerprint density at radius 1 is 1.36 bits per heavy atom. The van der Waals surface area contributed by atoms with Gasteiger partial charge in [0.15, 0.2) is 0 Å². The molecule has 2 rings (SSSR count). The maximum absolute atomic E-state index is 11.1. The highest BCUT2D eigenvalue weighted by atomic mass is 16.1. The van der Waals surface area contributed by atoms with Gasteiger partial charge >= 0.3 is 0 Å². The van der Waals surface area contributed by atoms with E-state index in [-0.39, 0.29) is 5.56 Å². The molecule has 0 aliphatic carbocycles. The minimum atomic E-state index is -0.0905. The minimum Gasteiger partial charge on any atom is -0.355 e.